The van der Waals surface area contributed by atoms with Gasteiger partial charge in [0.1, 0.15) is 30.5 Å². The number of hydrogen-bond donors (Lipinski definition) is 5. The zero-order valence-corrected chi connectivity index (χ0v) is 15.7. The van der Waals surface area contributed by atoms with E-state index in [4.69, 9.17) is 14.6 Å². The lowest BCUT2D eigenvalue weighted by atomic mass is 10.0. The largest absolute Gasteiger partial charge is 0.497 e. The predicted octanol–water partition coefficient (Wildman–Crippen LogP) is -0.745. The van der Waals surface area contributed by atoms with Crippen molar-refractivity contribution >= 4 is 18.0 Å². The van der Waals surface area contributed by atoms with Crippen LogP contribution in [0.3, 0.4) is 0 Å². The van der Waals surface area contributed by atoms with Gasteiger partial charge in [-0.2, -0.15) is 0 Å². The van der Waals surface area contributed by atoms with Crippen LogP contribution < -0.4 is 20.7 Å². The number of carbonyl (C=O) groups excluding carboxylic acids is 2. The molecule has 1 aromatic rings. The van der Waals surface area contributed by atoms with E-state index in [1.807, 2.05) is 24.3 Å². The molecule has 1 saturated heterocycles. The topological polar surface area (TPSA) is 146 Å². The highest BCUT2D eigenvalue weighted by molar-refractivity contribution is 5.86. The van der Waals surface area contributed by atoms with Crippen LogP contribution in [0.2, 0.25) is 0 Å². The number of carboxylic acid groups (broad SMARTS) is 1. The van der Waals surface area contributed by atoms with Crippen molar-refractivity contribution in [3.8, 4) is 5.75 Å². The Labute approximate surface area is 162 Å². The Bertz CT molecular complexity index is 695. The summed E-state index contributed by atoms with van der Waals surface area (Å²) in [5, 5.41) is 26.4. The Morgan fingerprint density at radius 3 is 2.57 bits per heavy atom. The molecule has 0 radical (unpaired) electrons. The first-order valence-corrected chi connectivity index (χ1v) is 8.81. The van der Waals surface area contributed by atoms with E-state index in [1.54, 1.807) is 7.11 Å². The number of aliphatic hydroxyl groups is 1. The molecule has 1 fully saturated rings. The van der Waals surface area contributed by atoms with Crippen LogP contribution in [0.25, 0.3) is 0 Å². The van der Waals surface area contributed by atoms with E-state index in [0.29, 0.717) is 6.42 Å². The fourth-order valence-corrected chi connectivity index (χ4v) is 2.81. The molecule has 28 heavy (non-hydrogen) atoms. The highest BCUT2D eigenvalue weighted by atomic mass is 16.6. The number of benzene rings is 1. The molecule has 0 bridgehead atoms. The van der Waals surface area contributed by atoms with Crippen molar-refractivity contribution < 1.29 is 34.1 Å². The molecule has 10 heteroatoms. The Morgan fingerprint density at radius 1 is 1.29 bits per heavy atom. The molecule has 10 nitrogen and oxygen atoms in total. The minimum atomic E-state index is -1.18. The molecular weight excluding hydrogens is 370 g/mol. The van der Waals surface area contributed by atoms with Gasteiger partial charge in [0.2, 0.25) is 5.91 Å². The molecule has 1 aliphatic heterocycles. The van der Waals surface area contributed by atoms with E-state index in [9.17, 15) is 19.5 Å². The molecule has 0 spiro atoms. The molecule has 1 heterocycles. The van der Waals surface area contributed by atoms with E-state index in [2.05, 4.69) is 16.0 Å². The van der Waals surface area contributed by atoms with Crippen molar-refractivity contribution in [3.63, 3.8) is 0 Å². The first kappa shape index (κ1) is 21.5. The van der Waals surface area contributed by atoms with Gasteiger partial charge in [-0.3, -0.25) is 9.59 Å². The zero-order chi connectivity index (χ0) is 20.7. The summed E-state index contributed by atoms with van der Waals surface area (Å²) in [5.41, 5.74) is 0.975. The summed E-state index contributed by atoms with van der Waals surface area (Å²) in [7, 11) is 1.58. The minimum absolute atomic E-state index is 0.273. The van der Waals surface area contributed by atoms with Gasteiger partial charge in [0, 0.05) is 6.54 Å². The second kappa shape index (κ2) is 9.90. The smallest absolute Gasteiger partial charge is 0.407 e. The van der Waals surface area contributed by atoms with E-state index >= 15 is 0 Å². The number of aliphatic hydroxyl groups excluding tert-OH is 1. The lowest BCUT2D eigenvalue weighted by Gasteiger charge is -2.22. The second-order valence-electron chi connectivity index (χ2n) is 6.49. The summed E-state index contributed by atoms with van der Waals surface area (Å²) >= 11 is 0. The number of β-amino-alcohol motifs (C(OH)–C–C–N with tert-alkyl or cyclic N) is 1. The Balaban J connectivity index is 1.84. The first-order valence-electron chi connectivity index (χ1n) is 8.81. The van der Waals surface area contributed by atoms with Gasteiger partial charge in [-0.1, -0.05) is 12.1 Å². The third kappa shape index (κ3) is 6.10. The molecule has 2 amide bonds. The van der Waals surface area contributed by atoms with Crippen LogP contribution >= 0.6 is 0 Å². The normalized spacial score (nSPS) is 22.2. The Morgan fingerprint density at radius 2 is 1.96 bits per heavy atom. The summed E-state index contributed by atoms with van der Waals surface area (Å²) in [5.74, 6) is -1.12. The van der Waals surface area contributed by atoms with Gasteiger partial charge in [-0.25, -0.2) is 4.79 Å². The maximum Gasteiger partial charge on any atom is 0.407 e. The molecule has 5 N–H and O–H groups in total. The van der Waals surface area contributed by atoms with E-state index in [-0.39, 0.29) is 12.6 Å². The fraction of sp³-hybridized carbons (Fsp3) is 0.500. The van der Waals surface area contributed by atoms with Gasteiger partial charge in [0.15, 0.2) is 0 Å². The maximum absolute atomic E-state index is 12.0. The van der Waals surface area contributed by atoms with E-state index < -0.39 is 42.8 Å². The SMILES string of the molecule is COc1ccc(C[C@H]2NC[C@H](O)[C@H]2OC(=O)NCC(=O)N[C@@H](C)C(=O)O)cc1. The molecule has 1 aromatic carbocycles. The summed E-state index contributed by atoms with van der Waals surface area (Å²) in [6, 6.07) is 6.04. The average Bonchev–Trinajstić information content (AvgIpc) is 3.00. The molecule has 0 saturated carbocycles. The van der Waals surface area contributed by atoms with Crippen molar-refractivity contribution in [2.24, 2.45) is 0 Å². The number of aliphatic carboxylic acids is 1. The number of alkyl carbamates (subject to hydrolysis) is 1. The van der Waals surface area contributed by atoms with Gasteiger partial charge >= 0.3 is 12.1 Å². The molecule has 0 aliphatic carbocycles. The molecule has 1 aliphatic rings. The van der Waals surface area contributed by atoms with Gasteiger partial charge in [-0.15, -0.1) is 0 Å². The van der Waals surface area contributed by atoms with Gasteiger partial charge in [0.05, 0.1) is 13.2 Å². The molecule has 0 aromatic heterocycles. The standard InChI is InChI=1S/C18H25N3O7/c1-10(17(24)25)21-15(23)9-20-18(26)28-16-13(19-8-14(16)22)7-11-3-5-12(27-2)6-4-11/h3-6,10,13-14,16,19,22H,7-9H2,1-2H3,(H,20,26)(H,21,23)(H,24,25)/t10-,13+,14-,16-/m0/s1. The number of ether oxygens (including phenoxy) is 2. The molecule has 154 valence electrons. The number of carboxylic acids is 1. The highest BCUT2D eigenvalue weighted by Crippen LogP contribution is 2.19. The van der Waals surface area contributed by atoms with Crippen LogP contribution in [0.15, 0.2) is 24.3 Å². The number of rotatable bonds is 8. The quantitative estimate of drug-likeness (QED) is 0.387. The molecule has 2 rings (SSSR count). The van der Waals surface area contributed by atoms with Crippen LogP contribution in [-0.2, 0) is 20.7 Å². The zero-order valence-electron chi connectivity index (χ0n) is 15.7. The minimum Gasteiger partial charge on any atom is -0.497 e. The van der Waals surface area contributed by atoms with Gasteiger partial charge in [0.25, 0.3) is 0 Å². The predicted molar refractivity (Wildman–Crippen MR) is 98.0 cm³/mol. The number of nitrogens with one attached hydrogen (secondary N) is 3. The van der Waals surface area contributed by atoms with Crippen LogP contribution in [0.1, 0.15) is 12.5 Å². The van der Waals surface area contributed by atoms with Crippen molar-refractivity contribution in [1.82, 2.24) is 16.0 Å². The lowest BCUT2D eigenvalue weighted by molar-refractivity contribution is -0.141. The number of amides is 2. The van der Waals surface area contributed by atoms with Crippen LogP contribution in [-0.4, -0.2) is 72.7 Å². The molecule has 4 atom stereocenters. The Kier molecular flexibility index (Phi) is 7.59. The van der Waals surface area contributed by atoms with Crippen LogP contribution in [0, 0.1) is 0 Å². The Hall–Kier alpha value is -2.85. The van der Waals surface area contributed by atoms with E-state index in [0.717, 1.165) is 11.3 Å². The molecular formula is C18H25N3O7. The van der Waals surface area contributed by atoms with Crippen LogP contribution in [0.4, 0.5) is 4.79 Å². The number of methoxy groups -OCH3 is 1. The van der Waals surface area contributed by atoms with Crippen molar-refractivity contribution in [2.75, 3.05) is 20.2 Å². The monoisotopic (exact) mass is 395 g/mol. The second-order valence-corrected chi connectivity index (χ2v) is 6.49. The first-order chi connectivity index (χ1) is 13.3. The lowest BCUT2D eigenvalue weighted by Crippen LogP contribution is -2.46. The van der Waals surface area contributed by atoms with E-state index in [1.165, 1.54) is 6.92 Å². The third-order valence-corrected chi connectivity index (χ3v) is 4.36. The summed E-state index contributed by atoms with van der Waals surface area (Å²) in [4.78, 5) is 34.3. The summed E-state index contributed by atoms with van der Waals surface area (Å²) < 4.78 is 10.4. The average molecular weight is 395 g/mol. The summed E-state index contributed by atoms with van der Waals surface area (Å²) in [6.07, 6.45) is -2.01. The fourth-order valence-electron chi connectivity index (χ4n) is 2.81. The summed E-state index contributed by atoms with van der Waals surface area (Å²) in [6.45, 7) is 1.15. The maximum atomic E-state index is 12.0. The van der Waals surface area contributed by atoms with Crippen LogP contribution in [0.5, 0.6) is 5.75 Å². The third-order valence-electron chi connectivity index (χ3n) is 4.36. The highest BCUT2D eigenvalue weighted by Gasteiger charge is 2.37. The van der Waals surface area contributed by atoms with Crippen molar-refractivity contribution in [1.29, 1.82) is 0 Å². The number of hydrogen-bond acceptors (Lipinski definition) is 7. The van der Waals surface area contributed by atoms with Crippen molar-refractivity contribution in [3.05, 3.63) is 29.8 Å². The molecule has 0 unspecified atom stereocenters. The van der Waals surface area contributed by atoms with Gasteiger partial charge < -0.3 is 35.6 Å². The van der Waals surface area contributed by atoms with Crippen molar-refractivity contribution in [2.45, 2.75) is 37.6 Å². The van der Waals surface area contributed by atoms with Gasteiger partial charge in [-0.05, 0) is 31.0 Å². The number of carbonyl (C=O) groups is 3.